The molecule has 0 saturated carbocycles. The second kappa shape index (κ2) is 31.7. The Balaban J connectivity index is -0.00000000667. The Labute approximate surface area is 68.2 Å². The summed E-state index contributed by atoms with van der Waals surface area (Å²) in [6, 6.07) is 0. The van der Waals surface area contributed by atoms with Gasteiger partial charge in [0.25, 0.3) is 0 Å². The third-order valence-corrected chi connectivity index (χ3v) is 0. The van der Waals surface area contributed by atoms with Crippen LogP contribution in [0.25, 0.3) is 0 Å². The summed E-state index contributed by atoms with van der Waals surface area (Å²) in [4.78, 5) is 0. The second-order valence-electron chi connectivity index (χ2n) is 0.0745. The van der Waals surface area contributed by atoms with Crippen molar-refractivity contribution < 1.29 is 9.13 Å². The molecule has 0 rings (SSSR count). The zero-order valence-corrected chi connectivity index (χ0v) is 8.52. The molecule has 0 saturated heterocycles. The molecule has 0 aliphatic carbocycles. The molecule has 6 heavy (non-hydrogen) atoms. The van der Waals surface area contributed by atoms with Crippen LogP contribution in [0.4, 0.5) is 0 Å². The Bertz CT molecular complexity index is 29.8. The molecule has 0 N–H and O–H groups in total. The van der Waals surface area contributed by atoms with E-state index < -0.39 is 8.34 Å². The first kappa shape index (κ1) is 26.0. The van der Waals surface area contributed by atoms with Gasteiger partial charge in [-0.3, -0.25) is 0 Å². The van der Waals surface area contributed by atoms with Crippen LogP contribution < -0.4 is 0 Å². The molecule has 0 aliphatic rings. The van der Waals surface area contributed by atoms with Gasteiger partial charge in [0.15, 0.2) is 0 Å². The third-order valence-electron chi connectivity index (χ3n) is 0. The Hall–Kier alpha value is 1.47. The van der Waals surface area contributed by atoms with Crippen LogP contribution in [-0.4, -0.2) is 0 Å². The normalized spacial score (nSPS) is 1.33. The molecule has 0 atom stereocenters. The van der Waals surface area contributed by atoms with Crippen LogP contribution in [-0.2, 0) is 9.13 Å². The van der Waals surface area contributed by atoms with Crippen LogP contribution >= 0.6 is 59.3 Å². The van der Waals surface area contributed by atoms with E-state index in [1.807, 2.05) is 0 Å². The van der Waals surface area contributed by atoms with E-state index in [2.05, 4.69) is 0 Å². The topological polar surface area (TPSA) is 34.1 Å². The van der Waals surface area contributed by atoms with E-state index in [9.17, 15) is 0 Å². The van der Waals surface area contributed by atoms with Crippen LogP contribution in [0.3, 0.4) is 0 Å². The second-order valence-corrected chi connectivity index (χ2v) is 0.224. The molecule has 0 aliphatic heterocycles. The number of halogens is 3. The summed E-state index contributed by atoms with van der Waals surface area (Å²) in [5, 5.41) is 0. The Morgan fingerprint density at radius 1 is 0.833 bits per heavy atom. The number of rotatable bonds is 0. The summed E-state index contributed by atoms with van der Waals surface area (Å²) in [5.41, 5.74) is 0. The molecule has 0 aromatic heterocycles. The van der Waals surface area contributed by atoms with Crippen LogP contribution in [0.5, 0.6) is 0 Å². The maximum absolute atomic E-state index is 8.35. The van der Waals surface area contributed by atoms with E-state index in [1.165, 1.54) is 0 Å². The maximum atomic E-state index is 8.35. The van der Waals surface area contributed by atoms with Crippen LogP contribution in [0.15, 0.2) is 0 Å². The molecule has 0 bridgehead atoms. The molecule has 2 nitrogen and oxygen atoms in total. The summed E-state index contributed by atoms with van der Waals surface area (Å²) < 4.78 is 16.7. The minimum atomic E-state index is -1.08. The van der Waals surface area contributed by atoms with E-state index in [0.717, 1.165) is 0 Å². The molecule has 40 valence electrons. The van der Waals surface area contributed by atoms with Crippen molar-refractivity contribution in [3.05, 3.63) is 0 Å². The summed E-state index contributed by atoms with van der Waals surface area (Å²) in [7, 11) is -1.08. The number of hydrogen-bond donors (Lipinski definition) is 0. The fourth-order valence-corrected chi connectivity index (χ4v) is 0. The van der Waals surface area contributed by atoms with E-state index >= 15 is 0 Å². The molecule has 0 amide bonds. The monoisotopic (exact) mass is 303 g/mol. The summed E-state index contributed by atoms with van der Waals surface area (Å²) in [5.74, 6) is 0. The summed E-state index contributed by atoms with van der Waals surface area (Å²) >= 11 is 0. The van der Waals surface area contributed by atoms with Gasteiger partial charge in [0.1, 0.15) is 0 Å². The molecule has 0 unspecified atom stereocenters. The first-order chi connectivity index (χ1) is 1.41. The van der Waals surface area contributed by atoms with Crippen LogP contribution in [0.1, 0.15) is 0 Å². The van der Waals surface area contributed by atoms with E-state index in [0.29, 0.717) is 0 Å². The first-order valence-electron chi connectivity index (χ1n) is 0.365. The molecule has 0 spiro atoms. The standard InChI is InChI=1S/3BrH.O2P/c;;;1-3-2/h3*1H;/q;;;+1. The fraction of sp³-hybridized carbons (Fsp3) is 0. The molecule has 0 radical (unpaired) electrons. The van der Waals surface area contributed by atoms with Crippen LogP contribution in [0.2, 0.25) is 0 Å². The van der Waals surface area contributed by atoms with E-state index in [1.54, 1.807) is 0 Å². The fourth-order valence-electron chi connectivity index (χ4n) is 0. The van der Waals surface area contributed by atoms with Gasteiger partial charge < -0.3 is 0 Å². The van der Waals surface area contributed by atoms with Gasteiger partial charge in [-0.25, -0.2) is 0 Å². The van der Waals surface area contributed by atoms with Crippen LogP contribution in [0, 0.1) is 0 Å². The Morgan fingerprint density at radius 3 is 0.833 bits per heavy atom. The zero-order chi connectivity index (χ0) is 2.71. The van der Waals surface area contributed by atoms with Crippen molar-refractivity contribution in [1.82, 2.24) is 0 Å². The predicted octanol–water partition coefficient (Wildman–Crippen LogP) is 2.36. The molecular weight excluding hydrogens is 303 g/mol. The van der Waals surface area contributed by atoms with Gasteiger partial charge in [-0.2, -0.15) is 0 Å². The first-order valence-corrected chi connectivity index (χ1v) is 1.10. The van der Waals surface area contributed by atoms with Gasteiger partial charge >= 0.3 is 17.5 Å². The average molecular weight is 306 g/mol. The molecule has 0 fully saturated rings. The minimum absolute atomic E-state index is 0. The predicted molar refractivity (Wildman–Crippen MR) is 39.3 cm³/mol. The van der Waals surface area contributed by atoms with Crippen molar-refractivity contribution in [2.75, 3.05) is 0 Å². The quantitative estimate of drug-likeness (QED) is 0.644. The van der Waals surface area contributed by atoms with Gasteiger partial charge in [0, 0.05) is 0 Å². The molecule has 0 heterocycles. The molecule has 0 aromatic rings. The van der Waals surface area contributed by atoms with Gasteiger partial charge in [-0.1, -0.05) is 0 Å². The molecular formula is H3Br3O2P+. The van der Waals surface area contributed by atoms with Crippen molar-refractivity contribution in [1.29, 1.82) is 0 Å². The van der Waals surface area contributed by atoms with Crippen molar-refractivity contribution in [3.8, 4) is 0 Å². The van der Waals surface area contributed by atoms with Crippen molar-refractivity contribution >= 4 is 59.3 Å². The number of hydrogen-bond acceptors (Lipinski definition) is 2. The van der Waals surface area contributed by atoms with E-state index in [-0.39, 0.29) is 50.9 Å². The summed E-state index contributed by atoms with van der Waals surface area (Å²) in [6.07, 6.45) is 0. The summed E-state index contributed by atoms with van der Waals surface area (Å²) in [6.45, 7) is 0. The van der Waals surface area contributed by atoms with E-state index in [4.69, 9.17) is 9.13 Å². The van der Waals surface area contributed by atoms with Crippen molar-refractivity contribution in [2.24, 2.45) is 0 Å². The average Bonchev–Trinajstić information content (AvgIpc) is 0.918. The third kappa shape index (κ3) is 50.6. The molecule has 0 aromatic carbocycles. The van der Waals surface area contributed by atoms with Crippen molar-refractivity contribution in [2.45, 2.75) is 0 Å². The van der Waals surface area contributed by atoms with Crippen molar-refractivity contribution in [3.63, 3.8) is 0 Å². The zero-order valence-electron chi connectivity index (χ0n) is 2.49. The Morgan fingerprint density at radius 2 is 0.833 bits per heavy atom. The molecule has 6 heteroatoms. The van der Waals surface area contributed by atoms with Gasteiger partial charge in [-0.05, 0) is 0 Å². The SMILES string of the molecule is Br.Br.Br.O=[P+]=O. The van der Waals surface area contributed by atoms with Gasteiger partial charge in [0.2, 0.25) is 0 Å². The Kier molecular flexibility index (Phi) is 137. The van der Waals surface area contributed by atoms with Gasteiger partial charge in [0.05, 0.1) is 0 Å². The van der Waals surface area contributed by atoms with Gasteiger partial charge in [-0.15, -0.1) is 50.9 Å².